The molecule has 2 rings (SSSR count). The van der Waals surface area contributed by atoms with Crippen molar-refractivity contribution in [3.63, 3.8) is 0 Å². The molecule has 0 aliphatic carbocycles. The van der Waals surface area contributed by atoms with Crippen LogP contribution in [0.25, 0.3) is 0 Å². The van der Waals surface area contributed by atoms with Crippen molar-refractivity contribution < 1.29 is 19.0 Å². The topological polar surface area (TPSA) is 56.8 Å². The van der Waals surface area contributed by atoms with Crippen LogP contribution < -0.4 is 19.5 Å². The van der Waals surface area contributed by atoms with E-state index in [1.807, 2.05) is 31.2 Å². The van der Waals surface area contributed by atoms with Crippen LogP contribution in [0.4, 0.5) is 5.69 Å². The number of carbonyl (C=O) groups excluding carboxylic acids is 1. The van der Waals surface area contributed by atoms with E-state index in [0.29, 0.717) is 36.6 Å². The van der Waals surface area contributed by atoms with Gasteiger partial charge in [-0.2, -0.15) is 0 Å². The van der Waals surface area contributed by atoms with Gasteiger partial charge >= 0.3 is 0 Å². The molecule has 5 heteroatoms. The van der Waals surface area contributed by atoms with E-state index in [2.05, 4.69) is 5.32 Å². The third kappa shape index (κ3) is 4.91. The fourth-order valence-electron chi connectivity index (χ4n) is 2.26. The van der Waals surface area contributed by atoms with E-state index in [1.165, 1.54) is 0 Å². The maximum atomic E-state index is 12.1. The number of anilines is 1. The van der Waals surface area contributed by atoms with Crippen LogP contribution in [-0.2, 0) is 4.79 Å². The van der Waals surface area contributed by atoms with Gasteiger partial charge in [0.25, 0.3) is 0 Å². The van der Waals surface area contributed by atoms with Gasteiger partial charge in [-0.3, -0.25) is 4.79 Å². The molecule has 0 saturated carbocycles. The molecule has 1 N–H and O–H groups in total. The van der Waals surface area contributed by atoms with Gasteiger partial charge in [0.05, 0.1) is 26.5 Å². The molecule has 0 spiro atoms. The number of rotatable bonds is 8. The van der Waals surface area contributed by atoms with E-state index in [0.717, 1.165) is 11.3 Å². The van der Waals surface area contributed by atoms with Crippen LogP contribution in [0.2, 0.25) is 0 Å². The lowest BCUT2D eigenvalue weighted by atomic mass is 10.2. The summed E-state index contributed by atoms with van der Waals surface area (Å²) in [6.07, 6.45) is 0.999. The predicted molar refractivity (Wildman–Crippen MR) is 94.1 cm³/mol. The van der Waals surface area contributed by atoms with E-state index in [4.69, 9.17) is 14.2 Å². The number of carbonyl (C=O) groups is 1. The average molecular weight is 329 g/mol. The van der Waals surface area contributed by atoms with E-state index in [-0.39, 0.29) is 5.91 Å². The van der Waals surface area contributed by atoms with Crippen molar-refractivity contribution in [2.45, 2.75) is 19.8 Å². The number of hydrogen-bond acceptors (Lipinski definition) is 4. The molecule has 24 heavy (non-hydrogen) atoms. The lowest BCUT2D eigenvalue weighted by Gasteiger charge is -2.12. The molecule has 0 aliphatic rings. The standard InChI is InChI=1S/C19H23NO4/c1-14-7-4-5-8-17(14)24-12-6-9-19(21)20-16-13-15(22-2)10-11-18(16)23-3/h4-5,7-8,10-11,13H,6,9,12H2,1-3H3,(H,20,21). The van der Waals surface area contributed by atoms with Crippen LogP contribution in [0.5, 0.6) is 17.2 Å². The van der Waals surface area contributed by atoms with Crippen LogP contribution >= 0.6 is 0 Å². The first kappa shape index (κ1) is 17.7. The molecule has 128 valence electrons. The zero-order chi connectivity index (χ0) is 17.4. The molecule has 2 aromatic carbocycles. The molecule has 0 saturated heterocycles. The third-order valence-electron chi connectivity index (χ3n) is 3.58. The van der Waals surface area contributed by atoms with Crippen molar-refractivity contribution in [1.82, 2.24) is 0 Å². The first-order chi connectivity index (χ1) is 11.6. The van der Waals surface area contributed by atoms with Crippen molar-refractivity contribution in [3.05, 3.63) is 48.0 Å². The first-order valence-corrected chi connectivity index (χ1v) is 7.84. The van der Waals surface area contributed by atoms with Gasteiger partial charge < -0.3 is 19.5 Å². The second-order valence-corrected chi connectivity index (χ2v) is 5.33. The Bertz CT molecular complexity index is 685. The molecule has 5 nitrogen and oxygen atoms in total. The highest BCUT2D eigenvalue weighted by Gasteiger charge is 2.09. The Balaban J connectivity index is 1.82. The average Bonchev–Trinajstić information content (AvgIpc) is 2.60. The number of hydrogen-bond donors (Lipinski definition) is 1. The Kier molecular flexibility index (Phi) is 6.49. The van der Waals surface area contributed by atoms with E-state index < -0.39 is 0 Å². The molecule has 1 amide bonds. The number of nitrogens with one attached hydrogen (secondary N) is 1. The van der Waals surface area contributed by atoms with Crippen molar-refractivity contribution >= 4 is 11.6 Å². The molecular weight excluding hydrogens is 306 g/mol. The number of para-hydroxylation sites is 1. The maximum absolute atomic E-state index is 12.1. The maximum Gasteiger partial charge on any atom is 0.224 e. The van der Waals surface area contributed by atoms with Gasteiger partial charge in [-0.25, -0.2) is 0 Å². The number of benzene rings is 2. The minimum absolute atomic E-state index is 0.0880. The summed E-state index contributed by atoms with van der Waals surface area (Å²) in [6, 6.07) is 13.1. The van der Waals surface area contributed by atoms with E-state index >= 15 is 0 Å². The molecule has 0 heterocycles. The summed E-state index contributed by atoms with van der Waals surface area (Å²) >= 11 is 0. The minimum Gasteiger partial charge on any atom is -0.497 e. The molecule has 0 aliphatic heterocycles. The molecule has 0 fully saturated rings. The molecule has 0 bridgehead atoms. The molecule has 0 aromatic heterocycles. The van der Waals surface area contributed by atoms with Crippen LogP contribution in [0.15, 0.2) is 42.5 Å². The summed E-state index contributed by atoms with van der Waals surface area (Å²) < 4.78 is 16.1. The number of amides is 1. The third-order valence-corrected chi connectivity index (χ3v) is 3.58. The zero-order valence-corrected chi connectivity index (χ0v) is 14.3. The predicted octanol–water partition coefficient (Wildman–Crippen LogP) is 3.81. The highest BCUT2D eigenvalue weighted by Crippen LogP contribution is 2.29. The van der Waals surface area contributed by atoms with E-state index in [9.17, 15) is 4.79 Å². The van der Waals surface area contributed by atoms with Crippen LogP contribution in [0.1, 0.15) is 18.4 Å². The van der Waals surface area contributed by atoms with Gasteiger partial charge in [-0.15, -0.1) is 0 Å². The monoisotopic (exact) mass is 329 g/mol. The minimum atomic E-state index is -0.0880. The largest absolute Gasteiger partial charge is 0.497 e. The second kappa shape index (κ2) is 8.82. The second-order valence-electron chi connectivity index (χ2n) is 5.33. The van der Waals surface area contributed by atoms with Crippen molar-refractivity contribution in [2.75, 3.05) is 26.1 Å². The summed E-state index contributed by atoms with van der Waals surface area (Å²) in [5.41, 5.74) is 1.68. The normalized spacial score (nSPS) is 10.1. The lowest BCUT2D eigenvalue weighted by molar-refractivity contribution is -0.116. The summed E-state index contributed by atoms with van der Waals surface area (Å²) in [7, 11) is 3.14. The zero-order valence-electron chi connectivity index (χ0n) is 14.3. The molecule has 0 unspecified atom stereocenters. The summed E-state index contributed by atoms with van der Waals surface area (Å²) in [6.45, 7) is 2.49. The fraction of sp³-hybridized carbons (Fsp3) is 0.316. The SMILES string of the molecule is COc1ccc(OC)c(NC(=O)CCCOc2ccccc2C)c1. The van der Waals surface area contributed by atoms with Gasteiger partial charge in [0.15, 0.2) is 0 Å². The van der Waals surface area contributed by atoms with Gasteiger partial charge in [-0.05, 0) is 37.1 Å². The van der Waals surface area contributed by atoms with Crippen LogP contribution in [-0.4, -0.2) is 26.7 Å². The van der Waals surface area contributed by atoms with Crippen molar-refractivity contribution in [1.29, 1.82) is 0 Å². The van der Waals surface area contributed by atoms with Crippen molar-refractivity contribution in [2.24, 2.45) is 0 Å². The van der Waals surface area contributed by atoms with Crippen LogP contribution in [0, 0.1) is 6.92 Å². The fourth-order valence-corrected chi connectivity index (χ4v) is 2.26. The summed E-state index contributed by atoms with van der Waals surface area (Å²) in [4.78, 5) is 12.1. The van der Waals surface area contributed by atoms with Gasteiger partial charge in [-0.1, -0.05) is 18.2 Å². The van der Waals surface area contributed by atoms with E-state index in [1.54, 1.807) is 32.4 Å². The Morgan fingerprint density at radius 3 is 2.54 bits per heavy atom. The van der Waals surface area contributed by atoms with Gasteiger partial charge in [0, 0.05) is 12.5 Å². The Hall–Kier alpha value is -2.69. The number of ether oxygens (including phenoxy) is 3. The molecule has 2 aromatic rings. The number of aryl methyl sites for hydroxylation is 1. The highest BCUT2D eigenvalue weighted by atomic mass is 16.5. The molecule has 0 radical (unpaired) electrons. The quantitative estimate of drug-likeness (QED) is 0.748. The Morgan fingerprint density at radius 2 is 1.83 bits per heavy atom. The Labute approximate surface area is 142 Å². The first-order valence-electron chi connectivity index (χ1n) is 7.84. The van der Waals surface area contributed by atoms with Crippen LogP contribution in [0.3, 0.4) is 0 Å². The lowest BCUT2D eigenvalue weighted by Crippen LogP contribution is -2.13. The summed E-state index contributed by atoms with van der Waals surface area (Å²) in [5.74, 6) is 2.02. The molecular formula is C19H23NO4. The number of methoxy groups -OCH3 is 2. The Morgan fingerprint density at radius 1 is 1.04 bits per heavy atom. The van der Waals surface area contributed by atoms with Crippen molar-refractivity contribution in [3.8, 4) is 17.2 Å². The summed E-state index contributed by atoms with van der Waals surface area (Å²) in [5, 5.41) is 2.85. The smallest absolute Gasteiger partial charge is 0.224 e. The van der Waals surface area contributed by atoms with Gasteiger partial charge in [0.2, 0.25) is 5.91 Å². The van der Waals surface area contributed by atoms with Gasteiger partial charge in [0.1, 0.15) is 17.2 Å². The highest BCUT2D eigenvalue weighted by molar-refractivity contribution is 5.92. The molecule has 0 atom stereocenters.